The second kappa shape index (κ2) is 9.87. The molecule has 27 heavy (non-hydrogen) atoms. The van der Waals surface area contributed by atoms with Crippen molar-refractivity contribution in [3.63, 3.8) is 0 Å². The molecular formula is C19H30ClN3O3S. The first-order valence-electron chi connectivity index (χ1n) is 9.53. The Morgan fingerprint density at radius 1 is 1.15 bits per heavy atom. The van der Waals surface area contributed by atoms with Crippen LogP contribution in [0, 0.1) is 11.8 Å². The molecule has 0 spiro atoms. The van der Waals surface area contributed by atoms with Crippen LogP contribution in [0.2, 0.25) is 0 Å². The number of nitrogens with one attached hydrogen (secondary N) is 2. The number of rotatable bonds is 8. The van der Waals surface area contributed by atoms with Crippen molar-refractivity contribution in [2.75, 3.05) is 33.2 Å². The molecule has 0 unspecified atom stereocenters. The minimum atomic E-state index is -3.55. The molecule has 1 aliphatic carbocycles. The van der Waals surface area contributed by atoms with Gasteiger partial charge in [0.15, 0.2) is 0 Å². The highest BCUT2D eigenvalue weighted by atomic mass is 35.5. The van der Waals surface area contributed by atoms with Gasteiger partial charge in [-0.2, -0.15) is 0 Å². The van der Waals surface area contributed by atoms with Gasteiger partial charge in [-0.3, -0.25) is 4.79 Å². The molecule has 1 aromatic carbocycles. The molecule has 2 aliphatic rings. The summed E-state index contributed by atoms with van der Waals surface area (Å²) in [5.41, 5.74) is 0.452. The number of carbonyl (C=O) groups is 1. The van der Waals surface area contributed by atoms with E-state index in [2.05, 4.69) is 10.0 Å². The number of hydrogen-bond acceptors (Lipinski definition) is 4. The van der Waals surface area contributed by atoms with E-state index in [1.807, 2.05) is 11.9 Å². The first-order valence-corrected chi connectivity index (χ1v) is 11.0. The van der Waals surface area contributed by atoms with Gasteiger partial charge < -0.3 is 10.2 Å². The van der Waals surface area contributed by atoms with E-state index in [1.54, 1.807) is 18.2 Å². The van der Waals surface area contributed by atoms with Gasteiger partial charge in [-0.1, -0.05) is 6.07 Å². The largest absolute Gasteiger partial charge is 0.339 e. The van der Waals surface area contributed by atoms with E-state index in [0.29, 0.717) is 23.9 Å². The maximum Gasteiger partial charge on any atom is 0.253 e. The van der Waals surface area contributed by atoms with Crippen molar-refractivity contribution in [3.8, 4) is 0 Å². The van der Waals surface area contributed by atoms with Crippen molar-refractivity contribution in [1.82, 2.24) is 14.9 Å². The van der Waals surface area contributed by atoms with Gasteiger partial charge in [0.1, 0.15) is 0 Å². The number of likely N-dealkylation sites (tertiary alicyclic amines) is 1. The van der Waals surface area contributed by atoms with Gasteiger partial charge in [-0.25, -0.2) is 13.1 Å². The van der Waals surface area contributed by atoms with Crippen molar-refractivity contribution >= 4 is 28.3 Å². The van der Waals surface area contributed by atoms with E-state index in [9.17, 15) is 13.2 Å². The van der Waals surface area contributed by atoms with E-state index in [1.165, 1.54) is 6.07 Å². The first-order chi connectivity index (χ1) is 12.5. The lowest BCUT2D eigenvalue weighted by molar-refractivity contribution is 0.0687. The highest BCUT2D eigenvalue weighted by Crippen LogP contribution is 2.28. The fraction of sp³-hybridized carbons (Fsp3) is 0.632. The number of carbonyl (C=O) groups excluding carboxylic acids is 1. The first kappa shape index (κ1) is 22.1. The maximum atomic E-state index is 12.8. The van der Waals surface area contributed by atoms with Crippen molar-refractivity contribution < 1.29 is 13.2 Å². The lowest BCUT2D eigenvalue weighted by Gasteiger charge is -2.32. The molecule has 0 bridgehead atoms. The van der Waals surface area contributed by atoms with Crippen LogP contribution in [0.4, 0.5) is 0 Å². The monoisotopic (exact) mass is 415 g/mol. The van der Waals surface area contributed by atoms with Crippen molar-refractivity contribution in [2.24, 2.45) is 11.8 Å². The van der Waals surface area contributed by atoms with Gasteiger partial charge in [0.05, 0.1) is 4.90 Å². The molecule has 1 aromatic rings. The van der Waals surface area contributed by atoms with Crippen molar-refractivity contribution in [3.05, 3.63) is 29.8 Å². The van der Waals surface area contributed by atoms with Crippen LogP contribution in [0.15, 0.2) is 29.2 Å². The zero-order valence-corrected chi connectivity index (χ0v) is 17.4. The molecule has 152 valence electrons. The van der Waals surface area contributed by atoms with Gasteiger partial charge in [-0.15, -0.1) is 12.4 Å². The molecule has 0 aromatic heterocycles. The second-order valence-electron chi connectivity index (χ2n) is 7.45. The highest BCUT2D eigenvalue weighted by molar-refractivity contribution is 7.89. The van der Waals surface area contributed by atoms with Crippen LogP contribution in [0.3, 0.4) is 0 Å². The Bertz CT molecular complexity index is 729. The number of halogens is 1. The van der Waals surface area contributed by atoms with E-state index in [4.69, 9.17) is 0 Å². The topological polar surface area (TPSA) is 78.5 Å². The molecule has 2 fully saturated rings. The maximum absolute atomic E-state index is 12.8. The normalized spacial score (nSPS) is 18.2. The Morgan fingerprint density at radius 3 is 2.48 bits per heavy atom. The minimum absolute atomic E-state index is 0. The van der Waals surface area contributed by atoms with Crippen LogP contribution in [0.1, 0.15) is 42.5 Å². The van der Waals surface area contributed by atoms with E-state index < -0.39 is 10.0 Å². The standard InChI is InChI=1S/C19H29N3O3S.ClH/c1-20-10-7-15-8-11-22(12-9-15)19(23)17-3-2-4-18(13-17)26(24,25)21-14-16-5-6-16;/h2-4,13,15-16,20-21H,5-12,14H2,1H3;1H. The highest BCUT2D eigenvalue weighted by Gasteiger charge is 2.26. The Kier molecular flexibility index (Phi) is 8.09. The smallest absolute Gasteiger partial charge is 0.253 e. The molecule has 1 aliphatic heterocycles. The third kappa shape index (κ3) is 6.17. The molecule has 2 N–H and O–H groups in total. The number of amides is 1. The average molecular weight is 416 g/mol. The summed E-state index contributed by atoms with van der Waals surface area (Å²) in [7, 11) is -1.59. The second-order valence-corrected chi connectivity index (χ2v) is 9.22. The fourth-order valence-corrected chi connectivity index (χ4v) is 4.55. The van der Waals surface area contributed by atoms with Crippen molar-refractivity contribution in [1.29, 1.82) is 0 Å². The molecule has 0 atom stereocenters. The summed E-state index contributed by atoms with van der Waals surface area (Å²) in [6.07, 6.45) is 5.33. The van der Waals surface area contributed by atoms with Crippen LogP contribution in [-0.4, -0.2) is 52.5 Å². The Hall–Kier alpha value is -1.15. The molecule has 0 radical (unpaired) electrons. The quantitative estimate of drug-likeness (QED) is 0.682. The van der Waals surface area contributed by atoms with Crippen LogP contribution < -0.4 is 10.0 Å². The van der Waals surface area contributed by atoms with E-state index in [0.717, 1.165) is 51.7 Å². The van der Waals surface area contributed by atoms with Gasteiger partial charge >= 0.3 is 0 Å². The zero-order valence-electron chi connectivity index (χ0n) is 15.8. The van der Waals surface area contributed by atoms with E-state index in [-0.39, 0.29) is 23.2 Å². The van der Waals surface area contributed by atoms with Crippen LogP contribution in [0.5, 0.6) is 0 Å². The summed E-state index contributed by atoms with van der Waals surface area (Å²) in [4.78, 5) is 14.8. The summed E-state index contributed by atoms with van der Waals surface area (Å²) in [6.45, 7) is 2.97. The molecule has 1 saturated heterocycles. The lowest BCUT2D eigenvalue weighted by Crippen LogP contribution is -2.39. The van der Waals surface area contributed by atoms with Gasteiger partial charge in [-0.05, 0) is 75.7 Å². The van der Waals surface area contributed by atoms with E-state index >= 15 is 0 Å². The van der Waals surface area contributed by atoms with Crippen LogP contribution >= 0.6 is 12.4 Å². The zero-order chi connectivity index (χ0) is 18.6. The number of benzene rings is 1. The Labute approximate surface area is 168 Å². The van der Waals surface area contributed by atoms with Crippen LogP contribution in [-0.2, 0) is 10.0 Å². The third-order valence-electron chi connectivity index (χ3n) is 5.35. The fourth-order valence-electron chi connectivity index (χ4n) is 3.38. The molecule has 1 saturated carbocycles. The Morgan fingerprint density at radius 2 is 1.85 bits per heavy atom. The summed E-state index contributed by atoms with van der Waals surface area (Å²) in [5, 5.41) is 3.17. The lowest BCUT2D eigenvalue weighted by atomic mass is 9.93. The summed E-state index contributed by atoms with van der Waals surface area (Å²) in [5.74, 6) is 1.06. The van der Waals surface area contributed by atoms with Crippen LogP contribution in [0.25, 0.3) is 0 Å². The molecule has 8 heteroatoms. The summed E-state index contributed by atoms with van der Waals surface area (Å²) < 4.78 is 27.5. The number of piperidine rings is 1. The minimum Gasteiger partial charge on any atom is -0.339 e. The summed E-state index contributed by atoms with van der Waals surface area (Å²) >= 11 is 0. The predicted octanol–water partition coefficient (Wildman–Crippen LogP) is 2.26. The SMILES string of the molecule is CNCCC1CCN(C(=O)c2cccc(S(=O)(=O)NCC3CC3)c2)CC1.Cl. The van der Waals surface area contributed by atoms with Gasteiger partial charge in [0.25, 0.3) is 5.91 Å². The number of sulfonamides is 1. The van der Waals surface area contributed by atoms with Gasteiger partial charge in [0.2, 0.25) is 10.0 Å². The Balaban J connectivity index is 0.00000261. The third-order valence-corrected chi connectivity index (χ3v) is 6.78. The number of nitrogens with zero attached hydrogens (tertiary/aromatic N) is 1. The predicted molar refractivity (Wildman–Crippen MR) is 109 cm³/mol. The molecular weight excluding hydrogens is 386 g/mol. The van der Waals surface area contributed by atoms with Crippen molar-refractivity contribution in [2.45, 2.75) is 37.0 Å². The summed E-state index contributed by atoms with van der Waals surface area (Å²) in [6, 6.07) is 6.41. The average Bonchev–Trinajstić information content (AvgIpc) is 3.49. The molecule has 6 nitrogen and oxygen atoms in total. The molecule has 1 heterocycles. The number of hydrogen-bond donors (Lipinski definition) is 2. The molecule has 1 amide bonds. The van der Waals surface area contributed by atoms with Gasteiger partial charge in [0, 0.05) is 25.2 Å². The molecule has 3 rings (SSSR count).